The molecule has 1 saturated carbocycles. The minimum Gasteiger partial charge on any atom is -0.376 e. The molecular formula is C15H18ClN3O2. The van der Waals surface area contributed by atoms with Crippen LogP contribution in [0.1, 0.15) is 37.4 Å². The fraction of sp³-hybridized carbons (Fsp3) is 0.467. The van der Waals surface area contributed by atoms with Gasteiger partial charge in [-0.1, -0.05) is 16.8 Å². The van der Waals surface area contributed by atoms with Crippen LogP contribution in [0.2, 0.25) is 5.02 Å². The Morgan fingerprint density at radius 2 is 2.00 bits per heavy atom. The summed E-state index contributed by atoms with van der Waals surface area (Å²) < 4.78 is 11.0. The molecule has 1 aliphatic rings. The van der Waals surface area contributed by atoms with Crippen molar-refractivity contribution in [2.75, 3.05) is 12.4 Å². The molecule has 1 fully saturated rings. The summed E-state index contributed by atoms with van der Waals surface area (Å²) in [6.07, 6.45) is 4.18. The van der Waals surface area contributed by atoms with Crippen molar-refractivity contribution in [1.29, 1.82) is 0 Å². The summed E-state index contributed by atoms with van der Waals surface area (Å²) in [5.41, 5.74) is 0.601. The zero-order valence-electron chi connectivity index (χ0n) is 11.9. The van der Waals surface area contributed by atoms with E-state index in [0.717, 1.165) is 31.4 Å². The predicted octanol–water partition coefficient (Wildman–Crippen LogP) is 3.75. The monoisotopic (exact) mass is 307 g/mol. The van der Waals surface area contributed by atoms with Crippen molar-refractivity contribution in [3.8, 4) is 0 Å². The van der Waals surface area contributed by atoms with E-state index in [1.807, 2.05) is 24.3 Å². The first-order valence-electron chi connectivity index (χ1n) is 7.09. The normalized spacial score (nSPS) is 17.0. The Kier molecular flexibility index (Phi) is 4.12. The van der Waals surface area contributed by atoms with Crippen LogP contribution in [-0.4, -0.2) is 17.3 Å². The van der Waals surface area contributed by atoms with Crippen molar-refractivity contribution in [2.45, 2.75) is 37.8 Å². The molecule has 0 atom stereocenters. The highest BCUT2D eigenvalue weighted by atomic mass is 35.5. The molecule has 0 saturated heterocycles. The summed E-state index contributed by atoms with van der Waals surface area (Å²) in [5, 5.41) is 8.03. The van der Waals surface area contributed by atoms with Crippen LogP contribution in [-0.2, 0) is 16.9 Å². The summed E-state index contributed by atoms with van der Waals surface area (Å²) in [6.45, 7) is 0.481. The zero-order valence-corrected chi connectivity index (χ0v) is 12.7. The molecular weight excluding hydrogens is 290 g/mol. The van der Waals surface area contributed by atoms with Crippen molar-refractivity contribution in [3.05, 3.63) is 41.0 Å². The van der Waals surface area contributed by atoms with Gasteiger partial charge in [-0.3, -0.25) is 0 Å². The summed E-state index contributed by atoms with van der Waals surface area (Å²) in [7, 11) is 1.72. The van der Waals surface area contributed by atoms with Crippen molar-refractivity contribution < 1.29 is 9.26 Å². The lowest BCUT2D eigenvalue weighted by Gasteiger charge is -2.22. The van der Waals surface area contributed by atoms with Crippen LogP contribution in [0, 0.1) is 0 Å². The van der Waals surface area contributed by atoms with E-state index < -0.39 is 0 Å². The first-order chi connectivity index (χ1) is 10.2. The van der Waals surface area contributed by atoms with E-state index in [2.05, 4.69) is 15.5 Å². The maximum Gasteiger partial charge on any atom is 0.246 e. The highest BCUT2D eigenvalue weighted by Gasteiger charge is 2.40. The van der Waals surface area contributed by atoms with Crippen LogP contribution >= 0.6 is 11.6 Å². The fourth-order valence-corrected chi connectivity index (χ4v) is 2.85. The van der Waals surface area contributed by atoms with E-state index in [-0.39, 0.29) is 5.60 Å². The van der Waals surface area contributed by atoms with Crippen molar-refractivity contribution in [3.63, 3.8) is 0 Å². The van der Waals surface area contributed by atoms with E-state index in [1.54, 1.807) is 7.11 Å². The number of rotatable bonds is 5. The molecule has 6 heteroatoms. The third-order valence-corrected chi connectivity index (χ3v) is 4.22. The number of ether oxygens (including phenoxy) is 1. The van der Waals surface area contributed by atoms with Gasteiger partial charge in [-0.05, 0) is 49.9 Å². The lowest BCUT2D eigenvalue weighted by molar-refractivity contribution is -0.0178. The molecule has 0 bridgehead atoms. The minimum absolute atomic E-state index is 0.359. The molecule has 2 aromatic rings. The van der Waals surface area contributed by atoms with Gasteiger partial charge in [0.2, 0.25) is 11.7 Å². The van der Waals surface area contributed by atoms with Crippen LogP contribution < -0.4 is 5.32 Å². The molecule has 0 radical (unpaired) electrons. The van der Waals surface area contributed by atoms with Crippen LogP contribution in [0.4, 0.5) is 5.69 Å². The quantitative estimate of drug-likeness (QED) is 0.911. The first-order valence-corrected chi connectivity index (χ1v) is 7.47. The number of halogens is 1. The average molecular weight is 308 g/mol. The van der Waals surface area contributed by atoms with Gasteiger partial charge in [-0.25, -0.2) is 0 Å². The van der Waals surface area contributed by atoms with E-state index in [0.29, 0.717) is 23.3 Å². The molecule has 5 nitrogen and oxygen atoms in total. The SMILES string of the molecule is COC1(c2noc(CNc3ccc(Cl)cc3)n2)CCCC1. The van der Waals surface area contributed by atoms with Crippen LogP contribution in [0.3, 0.4) is 0 Å². The lowest BCUT2D eigenvalue weighted by atomic mass is 10.0. The maximum absolute atomic E-state index is 5.85. The topological polar surface area (TPSA) is 60.2 Å². The summed E-state index contributed by atoms with van der Waals surface area (Å²) in [4.78, 5) is 4.48. The van der Waals surface area contributed by atoms with Crippen LogP contribution in [0.5, 0.6) is 0 Å². The molecule has 1 heterocycles. The molecule has 1 aliphatic carbocycles. The molecule has 0 aliphatic heterocycles. The van der Waals surface area contributed by atoms with Crippen molar-refractivity contribution in [1.82, 2.24) is 10.1 Å². The third kappa shape index (κ3) is 3.04. The number of hydrogen-bond acceptors (Lipinski definition) is 5. The standard InChI is InChI=1S/C15H18ClN3O2/c1-20-15(8-2-3-9-15)14-18-13(21-19-14)10-17-12-6-4-11(16)5-7-12/h4-7,17H,2-3,8-10H2,1H3. The van der Waals surface area contributed by atoms with Gasteiger partial charge >= 0.3 is 0 Å². The number of hydrogen-bond donors (Lipinski definition) is 1. The summed E-state index contributed by atoms with van der Waals surface area (Å²) in [6, 6.07) is 7.49. The molecule has 0 unspecified atom stereocenters. The second-order valence-electron chi connectivity index (χ2n) is 5.28. The summed E-state index contributed by atoms with van der Waals surface area (Å²) >= 11 is 5.85. The Balaban J connectivity index is 1.66. The van der Waals surface area contributed by atoms with E-state index in [9.17, 15) is 0 Å². The molecule has 21 heavy (non-hydrogen) atoms. The fourth-order valence-electron chi connectivity index (χ4n) is 2.72. The van der Waals surface area contributed by atoms with Gasteiger partial charge in [-0.2, -0.15) is 4.98 Å². The Bertz CT molecular complexity index is 591. The molecule has 112 valence electrons. The molecule has 1 N–H and O–H groups in total. The average Bonchev–Trinajstić information content (AvgIpc) is 3.16. The highest BCUT2D eigenvalue weighted by Crippen LogP contribution is 2.40. The molecule has 0 spiro atoms. The Morgan fingerprint density at radius 3 is 2.67 bits per heavy atom. The molecule has 1 aromatic carbocycles. The molecule has 3 rings (SSSR count). The van der Waals surface area contributed by atoms with Crippen LogP contribution in [0.25, 0.3) is 0 Å². The Hall–Kier alpha value is -1.59. The Labute approximate surface area is 128 Å². The van der Waals surface area contributed by atoms with Crippen LogP contribution in [0.15, 0.2) is 28.8 Å². The van der Waals surface area contributed by atoms with Crippen molar-refractivity contribution in [2.24, 2.45) is 0 Å². The van der Waals surface area contributed by atoms with Crippen molar-refractivity contribution >= 4 is 17.3 Å². The largest absolute Gasteiger partial charge is 0.376 e. The summed E-state index contributed by atoms with van der Waals surface area (Å²) in [5.74, 6) is 1.22. The van der Waals surface area contributed by atoms with E-state index in [1.165, 1.54) is 0 Å². The molecule has 1 aromatic heterocycles. The number of aromatic nitrogens is 2. The minimum atomic E-state index is -0.359. The van der Waals surface area contributed by atoms with Gasteiger partial charge in [0.25, 0.3) is 0 Å². The Morgan fingerprint density at radius 1 is 1.29 bits per heavy atom. The maximum atomic E-state index is 5.85. The van der Waals surface area contributed by atoms with Gasteiger partial charge in [0, 0.05) is 17.8 Å². The zero-order chi connectivity index (χ0) is 14.7. The number of methoxy groups -OCH3 is 1. The van der Waals surface area contributed by atoms with Gasteiger partial charge in [0.1, 0.15) is 5.60 Å². The number of anilines is 1. The van der Waals surface area contributed by atoms with Gasteiger partial charge in [-0.15, -0.1) is 0 Å². The smallest absolute Gasteiger partial charge is 0.246 e. The number of benzene rings is 1. The van der Waals surface area contributed by atoms with Gasteiger partial charge in [0.15, 0.2) is 0 Å². The number of nitrogens with zero attached hydrogens (tertiary/aromatic N) is 2. The third-order valence-electron chi connectivity index (χ3n) is 3.97. The lowest BCUT2D eigenvalue weighted by Crippen LogP contribution is -2.26. The second-order valence-corrected chi connectivity index (χ2v) is 5.71. The van der Waals surface area contributed by atoms with Gasteiger partial charge < -0.3 is 14.6 Å². The second kappa shape index (κ2) is 6.03. The number of nitrogens with one attached hydrogen (secondary N) is 1. The molecule has 0 amide bonds. The predicted molar refractivity (Wildman–Crippen MR) is 80.2 cm³/mol. The van der Waals surface area contributed by atoms with Gasteiger partial charge in [0.05, 0.1) is 6.54 Å². The first kappa shape index (κ1) is 14.4. The van der Waals surface area contributed by atoms with E-state index in [4.69, 9.17) is 20.9 Å². The highest BCUT2D eigenvalue weighted by molar-refractivity contribution is 6.30. The van der Waals surface area contributed by atoms with E-state index >= 15 is 0 Å².